The molecule has 0 spiro atoms. The maximum atomic E-state index is 11.8. The lowest BCUT2D eigenvalue weighted by molar-refractivity contribution is -0.385. The first kappa shape index (κ1) is 15.1. The standard InChI is InChI=1S/C10H13N3O5S/c1-7-8(3-2-4-9(7)13(15)16)10(14)12-5-6-19(11,17)18/h2-4H,5-6H2,1H3,(H,12,14)(H2,11,17,18). The molecule has 9 heteroatoms. The van der Waals surface area contributed by atoms with Gasteiger partial charge in [0.15, 0.2) is 0 Å². The van der Waals surface area contributed by atoms with Crippen LogP contribution >= 0.6 is 0 Å². The van der Waals surface area contributed by atoms with Gasteiger partial charge in [0.1, 0.15) is 0 Å². The lowest BCUT2D eigenvalue weighted by Crippen LogP contribution is -2.31. The predicted octanol–water partition coefficient (Wildman–Crippen LogP) is -0.0785. The zero-order valence-electron chi connectivity index (χ0n) is 10.1. The van der Waals surface area contributed by atoms with Crippen LogP contribution in [-0.2, 0) is 10.0 Å². The number of amides is 1. The number of hydrogen-bond donors (Lipinski definition) is 2. The zero-order chi connectivity index (χ0) is 14.6. The number of nitro benzene ring substituents is 1. The minimum Gasteiger partial charge on any atom is -0.351 e. The fraction of sp³-hybridized carbons (Fsp3) is 0.300. The maximum Gasteiger partial charge on any atom is 0.273 e. The number of primary sulfonamides is 1. The van der Waals surface area contributed by atoms with Crippen LogP contribution in [0, 0.1) is 17.0 Å². The van der Waals surface area contributed by atoms with Crippen LogP contribution in [0.5, 0.6) is 0 Å². The van der Waals surface area contributed by atoms with Crippen molar-refractivity contribution in [3.8, 4) is 0 Å². The van der Waals surface area contributed by atoms with E-state index in [0.29, 0.717) is 0 Å². The molecule has 1 aromatic carbocycles. The third-order valence-corrected chi connectivity index (χ3v) is 3.19. The molecule has 1 amide bonds. The first-order valence-corrected chi connectivity index (χ1v) is 6.96. The highest BCUT2D eigenvalue weighted by molar-refractivity contribution is 7.89. The number of carbonyl (C=O) groups is 1. The fourth-order valence-electron chi connectivity index (χ4n) is 1.47. The van der Waals surface area contributed by atoms with Crippen molar-refractivity contribution in [2.75, 3.05) is 12.3 Å². The highest BCUT2D eigenvalue weighted by Gasteiger charge is 2.17. The molecule has 0 saturated carbocycles. The average molecular weight is 287 g/mol. The molecule has 0 saturated heterocycles. The topological polar surface area (TPSA) is 132 Å². The number of nitrogens with zero attached hydrogens (tertiary/aromatic N) is 1. The number of hydrogen-bond acceptors (Lipinski definition) is 5. The largest absolute Gasteiger partial charge is 0.351 e. The van der Waals surface area contributed by atoms with Crippen LogP contribution in [0.4, 0.5) is 5.69 Å². The van der Waals surface area contributed by atoms with Crippen LogP contribution in [0.1, 0.15) is 15.9 Å². The molecule has 0 aromatic heterocycles. The normalized spacial score (nSPS) is 11.1. The molecule has 0 atom stereocenters. The zero-order valence-corrected chi connectivity index (χ0v) is 10.9. The molecule has 0 unspecified atom stereocenters. The van der Waals surface area contributed by atoms with E-state index in [1.54, 1.807) is 0 Å². The second-order valence-corrected chi connectivity index (χ2v) is 5.56. The van der Waals surface area contributed by atoms with E-state index in [4.69, 9.17) is 5.14 Å². The highest BCUT2D eigenvalue weighted by Crippen LogP contribution is 2.20. The fourth-order valence-corrected chi connectivity index (χ4v) is 1.86. The van der Waals surface area contributed by atoms with Crippen LogP contribution in [0.3, 0.4) is 0 Å². The van der Waals surface area contributed by atoms with Gasteiger partial charge >= 0.3 is 0 Å². The van der Waals surface area contributed by atoms with Crippen molar-refractivity contribution < 1.29 is 18.1 Å². The first-order chi connectivity index (χ1) is 8.72. The molecule has 0 aliphatic rings. The molecule has 104 valence electrons. The Morgan fingerprint density at radius 1 is 1.47 bits per heavy atom. The van der Waals surface area contributed by atoms with Crippen LogP contribution in [0.25, 0.3) is 0 Å². The second kappa shape index (κ2) is 5.76. The Bertz CT molecular complexity index is 612. The van der Waals surface area contributed by atoms with E-state index >= 15 is 0 Å². The Kier molecular flexibility index (Phi) is 4.57. The van der Waals surface area contributed by atoms with Gasteiger partial charge in [0.2, 0.25) is 10.0 Å². The van der Waals surface area contributed by atoms with Crippen LogP contribution in [-0.4, -0.2) is 31.5 Å². The molecule has 1 aromatic rings. The maximum absolute atomic E-state index is 11.8. The Labute approximate surface area is 109 Å². The third kappa shape index (κ3) is 4.30. The molecule has 0 aliphatic carbocycles. The van der Waals surface area contributed by atoms with Gasteiger partial charge in [0.25, 0.3) is 11.6 Å². The number of benzene rings is 1. The summed E-state index contributed by atoms with van der Waals surface area (Å²) in [6.07, 6.45) is 0. The summed E-state index contributed by atoms with van der Waals surface area (Å²) in [5.74, 6) is -0.975. The average Bonchev–Trinajstić information content (AvgIpc) is 2.26. The molecular formula is C10H13N3O5S. The lowest BCUT2D eigenvalue weighted by Gasteiger charge is -2.07. The molecular weight excluding hydrogens is 274 g/mol. The smallest absolute Gasteiger partial charge is 0.273 e. The van der Waals surface area contributed by atoms with Gasteiger partial charge < -0.3 is 5.32 Å². The lowest BCUT2D eigenvalue weighted by atomic mass is 10.1. The van der Waals surface area contributed by atoms with E-state index in [9.17, 15) is 23.3 Å². The summed E-state index contributed by atoms with van der Waals surface area (Å²) in [6, 6.07) is 4.10. The van der Waals surface area contributed by atoms with Gasteiger partial charge in [-0.3, -0.25) is 14.9 Å². The van der Waals surface area contributed by atoms with Gasteiger partial charge in [-0.25, -0.2) is 13.6 Å². The van der Waals surface area contributed by atoms with Gasteiger partial charge in [-0.1, -0.05) is 6.07 Å². The Morgan fingerprint density at radius 3 is 2.63 bits per heavy atom. The molecule has 0 fully saturated rings. The quantitative estimate of drug-likeness (QED) is 0.577. The summed E-state index contributed by atoms with van der Waals surface area (Å²) in [6.45, 7) is 1.30. The summed E-state index contributed by atoms with van der Waals surface area (Å²) in [5, 5.41) is 17.8. The van der Waals surface area contributed by atoms with E-state index in [-0.39, 0.29) is 23.4 Å². The Morgan fingerprint density at radius 2 is 2.11 bits per heavy atom. The Balaban J connectivity index is 2.83. The van der Waals surface area contributed by atoms with Crippen molar-refractivity contribution >= 4 is 21.6 Å². The molecule has 1 rings (SSSR count). The molecule has 0 aliphatic heterocycles. The molecule has 0 radical (unpaired) electrons. The van der Waals surface area contributed by atoms with E-state index in [1.807, 2.05) is 0 Å². The van der Waals surface area contributed by atoms with Crippen molar-refractivity contribution in [2.45, 2.75) is 6.92 Å². The van der Waals surface area contributed by atoms with Gasteiger partial charge in [0, 0.05) is 23.7 Å². The minimum absolute atomic E-state index is 0.128. The number of nitro groups is 1. The van der Waals surface area contributed by atoms with E-state index in [2.05, 4.69) is 5.32 Å². The summed E-state index contributed by atoms with van der Waals surface area (Å²) in [7, 11) is -3.66. The molecule has 19 heavy (non-hydrogen) atoms. The van der Waals surface area contributed by atoms with Crippen LogP contribution < -0.4 is 10.5 Å². The summed E-state index contributed by atoms with van der Waals surface area (Å²) < 4.78 is 21.4. The van der Waals surface area contributed by atoms with Gasteiger partial charge in [-0.05, 0) is 13.0 Å². The van der Waals surface area contributed by atoms with Crippen molar-refractivity contribution in [1.82, 2.24) is 5.32 Å². The van der Waals surface area contributed by atoms with E-state index in [0.717, 1.165) is 0 Å². The second-order valence-electron chi connectivity index (χ2n) is 3.83. The number of rotatable bonds is 5. The van der Waals surface area contributed by atoms with E-state index < -0.39 is 26.6 Å². The number of nitrogens with two attached hydrogens (primary N) is 1. The first-order valence-electron chi connectivity index (χ1n) is 5.25. The van der Waals surface area contributed by atoms with Crippen LogP contribution in [0.2, 0.25) is 0 Å². The summed E-state index contributed by atoms with van der Waals surface area (Å²) >= 11 is 0. The van der Waals surface area contributed by atoms with Crippen molar-refractivity contribution in [1.29, 1.82) is 0 Å². The number of nitrogens with one attached hydrogen (secondary N) is 1. The monoisotopic (exact) mass is 287 g/mol. The predicted molar refractivity (Wildman–Crippen MR) is 68.1 cm³/mol. The van der Waals surface area contributed by atoms with Crippen molar-refractivity contribution in [3.05, 3.63) is 39.4 Å². The van der Waals surface area contributed by atoms with Gasteiger partial charge in [-0.15, -0.1) is 0 Å². The molecule has 0 heterocycles. The summed E-state index contributed by atoms with van der Waals surface area (Å²) in [4.78, 5) is 21.9. The summed E-state index contributed by atoms with van der Waals surface area (Å²) in [5.41, 5.74) is 0.184. The molecule has 0 bridgehead atoms. The number of carbonyl (C=O) groups excluding carboxylic acids is 1. The number of sulfonamides is 1. The van der Waals surface area contributed by atoms with Gasteiger partial charge in [-0.2, -0.15) is 0 Å². The van der Waals surface area contributed by atoms with E-state index in [1.165, 1.54) is 25.1 Å². The minimum atomic E-state index is -3.66. The van der Waals surface area contributed by atoms with Gasteiger partial charge in [0.05, 0.1) is 10.7 Å². The van der Waals surface area contributed by atoms with Crippen LogP contribution in [0.15, 0.2) is 18.2 Å². The SMILES string of the molecule is Cc1c(C(=O)NCCS(N)(=O)=O)cccc1[N+](=O)[O-]. The Hall–Kier alpha value is -2.00. The molecule has 8 nitrogen and oxygen atoms in total. The molecule has 3 N–H and O–H groups in total. The third-order valence-electron chi connectivity index (χ3n) is 2.42. The van der Waals surface area contributed by atoms with Crippen molar-refractivity contribution in [3.63, 3.8) is 0 Å². The van der Waals surface area contributed by atoms with Crippen molar-refractivity contribution in [2.24, 2.45) is 5.14 Å². The highest BCUT2D eigenvalue weighted by atomic mass is 32.2.